The zero-order valence-corrected chi connectivity index (χ0v) is 7.82. The van der Waals surface area contributed by atoms with Gasteiger partial charge in [-0.15, -0.1) is 11.3 Å². The number of thiazole rings is 1. The van der Waals surface area contributed by atoms with Crippen LogP contribution in [0.25, 0.3) is 0 Å². The van der Waals surface area contributed by atoms with Crippen LogP contribution in [0.2, 0.25) is 0 Å². The number of hydrogen-bond donors (Lipinski definition) is 1. The van der Waals surface area contributed by atoms with Gasteiger partial charge in [0.15, 0.2) is 0 Å². The summed E-state index contributed by atoms with van der Waals surface area (Å²) in [5, 5.41) is 6.42. The van der Waals surface area contributed by atoms with Crippen LogP contribution in [0.3, 0.4) is 0 Å². The molecule has 1 aromatic heterocycles. The maximum Gasteiger partial charge on any atom is 0.0953 e. The molecule has 11 heavy (non-hydrogen) atoms. The Balaban J connectivity index is 2.36. The van der Waals surface area contributed by atoms with E-state index < -0.39 is 0 Å². The third-order valence-corrected chi connectivity index (χ3v) is 2.71. The van der Waals surface area contributed by atoms with Gasteiger partial charge in [0, 0.05) is 17.5 Å². The summed E-state index contributed by atoms with van der Waals surface area (Å²) < 4.78 is 0. The average molecular weight is 170 g/mol. The second-order valence-electron chi connectivity index (χ2n) is 2.66. The number of nitrogens with one attached hydrogen (secondary N) is 1. The summed E-state index contributed by atoms with van der Waals surface area (Å²) in [5.41, 5.74) is 0. The van der Waals surface area contributed by atoms with Gasteiger partial charge in [0.1, 0.15) is 0 Å². The highest BCUT2D eigenvalue weighted by Gasteiger charge is 2.05. The maximum absolute atomic E-state index is 4.26. The van der Waals surface area contributed by atoms with Crippen molar-refractivity contribution in [1.82, 2.24) is 10.3 Å². The van der Waals surface area contributed by atoms with Gasteiger partial charge < -0.3 is 5.32 Å². The van der Waals surface area contributed by atoms with E-state index in [-0.39, 0.29) is 0 Å². The summed E-state index contributed by atoms with van der Waals surface area (Å²) in [6.45, 7) is 3.29. The molecule has 0 amide bonds. The van der Waals surface area contributed by atoms with Crippen molar-refractivity contribution in [1.29, 1.82) is 0 Å². The molecule has 0 aliphatic carbocycles. The number of nitrogens with zero attached hydrogens (tertiary/aromatic N) is 1. The molecule has 1 unspecified atom stereocenters. The molecule has 2 nitrogen and oxygen atoms in total. The molecule has 1 N–H and O–H groups in total. The van der Waals surface area contributed by atoms with E-state index in [0.29, 0.717) is 5.92 Å². The van der Waals surface area contributed by atoms with Crippen LogP contribution in [-0.4, -0.2) is 18.6 Å². The molecule has 1 atom stereocenters. The van der Waals surface area contributed by atoms with E-state index in [2.05, 4.69) is 17.2 Å². The van der Waals surface area contributed by atoms with Crippen LogP contribution in [0.5, 0.6) is 0 Å². The fraction of sp³-hybridized carbons (Fsp3) is 0.625. The predicted octanol–water partition coefficient (Wildman–Crippen LogP) is 1.86. The Morgan fingerprint density at radius 3 is 3.09 bits per heavy atom. The first-order valence-corrected chi connectivity index (χ1v) is 4.76. The van der Waals surface area contributed by atoms with E-state index in [1.54, 1.807) is 11.3 Å². The van der Waals surface area contributed by atoms with Crippen molar-refractivity contribution in [3.8, 4) is 0 Å². The van der Waals surface area contributed by atoms with Crippen LogP contribution in [0.4, 0.5) is 0 Å². The van der Waals surface area contributed by atoms with Crippen molar-refractivity contribution in [2.45, 2.75) is 19.3 Å². The third kappa shape index (κ3) is 2.60. The Kier molecular flexibility index (Phi) is 3.52. The minimum absolute atomic E-state index is 0.599. The molecule has 0 spiro atoms. The van der Waals surface area contributed by atoms with Crippen LogP contribution in [0.1, 0.15) is 24.3 Å². The van der Waals surface area contributed by atoms with Crippen LogP contribution in [0, 0.1) is 0 Å². The minimum Gasteiger partial charge on any atom is -0.320 e. The SMILES string of the molecule is CNCCC(C)c1nccs1. The summed E-state index contributed by atoms with van der Waals surface area (Å²) in [4.78, 5) is 4.26. The molecule has 3 heteroatoms. The Labute approximate surface area is 71.7 Å². The molecule has 62 valence electrons. The lowest BCUT2D eigenvalue weighted by Crippen LogP contribution is -2.10. The zero-order chi connectivity index (χ0) is 8.10. The van der Waals surface area contributed by atoms with E-state index in [0.717, 1.165) is 6.54 Å². The minimum atomic E-state index is 0.599. The summed E-state index contributed by atoms with van der Waals surface area (Å²) in [6.07, 6.45) is 3.04. The molecule has 1 aromatic rings. The lowest BCUT2D eigenvalue weighted by Gasteiger charge is -2.06. The number of rotatable bonds is 4. The third-order valence-electron chi connectivity index (χ3n) is 1.70. The zero-order valence-electron chi connectivity index (χ0n) is 7.00. The lowest BCUT2D eigenvalue weighted by atomic mass is 10.1. The smallest absolute Gasteiger partial charge is 0.0953 e. The van der Waals surface area contributed by atoms with Gasteiger partial charge in [-0.25, -0.2) is 4.98 Å². The standard InChI is InChI=1S/C8H14N2S/c1-7(3-4-9-2)8-10-5-6-11-8/h5-7,9H,3-4H2,1-2H3. The van der Waals surface area contributed by atoms with Crippen LogP contribution in [0.15, 0.2) is 11.6 Å². The summed E-state index contributed by atoms with van der Waals surface area (Å²) in [6, 6.07) is 0. The number of aromatic nitrogens is 1. The van der Waals surface area contributed by atoms with E-state index in [9.17, 15) is 0 Å². The van der Waals surface area contributed by atoms with Gasteiger partial charge in [-0.2, -0.15) is 0 Å². The summed E-state index contributed by atoms with van der Waals surface area (Å²) >= 11 is 1.74. The Morgan fingerprint density at radius 1 is 1.73 bits per heavy atom. The normalized spacial score (nSPS) is 13.3. The lowest BCUT2D eigenvalue weighted by molar-refractivity contribution is 0.633. The summed E-state index contributed by atoms with van der Waals surface area (Å²) in [7, 11) is 1.98. The van der Waals surface area contributed by atoms with Crippen LogP contribution < -0.4 is 5.32 Å². The molecule has 1 heterocycles. The van der Waals surface area contributed by atoms with Gasteiger partial charge in [0.2, 0.25) is 0 Å². The van der Waals surface area contributed by atoms with Gasteiger partial charge in [-0.3, -0.25) is 0 Å². The van der Waals surface area contributed by atoms with Gasteiger partial charge in [-0.05, 0) is 20.0 Å². The van der Waals surface area contributed by atoms with Gasteiger partial charge in [-0.1, -0.05) is 6.92 Å². The predicted molar refractivity (Wildman–Crippen MR) is 49.1 cm³/mol. The molecule has 0 radical (unpaired) electrons. The summed E-state index contributed by atoms with van der Waals surface area (Å²) in [5.74, 6) is 0.599. The van der Waals surface area contributed by atoms with E-state index in [1.807, 2.05) is 18.6 Å². The number of hydrogen-bond acceptors (Lipinski definition) is 3. The van der Waals surface area contributed by atoms with E-state index in [1.165, 1.54) is 11.4 Å². The van der Waals surface area contributed by atoms with Crippen molar-refractivity contribution in [2.75, 3.05) is 13.6 Å². The van der Waals surface area contributed by atoms with Crippen molar-refractivity contribution in [3.05, 3.63) is 16.6 Å². The quantitative estimate of drug-likeness (QED) is 0.746. The van der Waals surface area contributed by atoms with E-state index in [4.69, 9.17) is 0 Å². The Bertz CT molecular complexity index is 184. The first kappa shape index (κ1) is 8.68. The van der Waals surface area contributed by atoms with Crippen molar-refractivity contribution < 1.29 is 0 Å². The molecule has 0 aromatic carbocycles. The van der Waals surface area contributed by atoms with Gasteiger partial charge in [0.25, 0.3) is 0 Å². The van der Waals surface area contributed by atoms with E-state index >= 15 is 0 Å². The topological polar surface area (TPSA) is 24.9 Å². The second kappa shape index (κ2) is 4.46. The average Bonchev–Trinajstić information content (AvgIpc) is 2.52. The molecular formula is C8H14N2S. The molecular weight excluding hydrogens is 156 g/mol. The molecule has 0 bridgehead atoms. The van der Waals surface area contributed by atoms with Crippen molar-refractivity contribution >= 4 is 11.3 Å². The molecule has 1 rings (SSSR count). The molecule has 0 saturated heterocycles. The largest absolute Gasteiger partial charge is 0.320 e. The van der Waals surface area contributed by atoms with Crippen LogP contribution in [-0.2, 0) is 0 Å². The van der Waals surface area contributed by atoms with Gasteiger partial charge in [0.05, 0.1) is 5.01 Å². The first-order valence-electron chi connectivity index (χ1n) is 3.88. The monoisotopic (exact) mass is 170 g/mol. The molecule has 0 aliphatic heterocycles. The molecule has 0 fully saturated rings. The van der Waals surface area contributed by atoms with Crippen molar-refractivity contribution in [2.24, 2.45) is 0 Å². The fourth-order valence-corrected chi connectivity index (χ4v) is 1.70. The van der Waals surface area contributed by atoms with Gasteiger partial charge >= 0.3 is 0 Å². The van der Waals surface area contributed by atoms with Crippen molar-refractivity contribution in [3.63, 3.8) is 0 Å². The highest BCUT2D eigenvalue weighted by atomic mass is 32.1. The highest BCUT2D eigenvalue weighted by Crippen LogP contribution is 2.19. The maximum atomic E-state index is 4.26. The second-order valence-corrected chi connectivity index (χ2v) is 3.59. The Morgan fingerprint density at radius 2 is 2.55 bits per heavy atom. The Hall–Kier alpha value is -0.410. The molecule has 0 aliphatic rings. The van der Waals surface area contributed by atoms with Crippen LogP contribution >= 0.6 is 11.3 Å². The molecule has 0 saturated carbocycles. The fourth-order valence-electron chi connectivity index (χ4n) is 0.962. The highest BCUT2D eigenvalue weighted by molar-refractivity contribution is 7.09. The first-order chi connectivity index (χ1) is 5.34.